The van der Waals surface area contributed by atoms with Crippen LogP contribution in [0.4, 0.5) is 5.69 Å². The summed E-state index contributed by atoms with van der Waals surface area (Å²) in [5.74, 6) is -0.625. The molecule has 0 atom stereocenters. The second-order valence-electron chi connectivity index (χ2n) is 4.31. The van der Waals surface area contributed by atoms with Gasteiger partial charge in [-0.05, 0) is 24.6 Å². The molecule has 5 nitrogen and oxygen atoms in total. The average Bonchev–Trinajstić information content (AvgIpc) is 2.72. The van der Waals surface area contributed by atoms with Crippen molar-refractivity contribution in [3.8, 4) is 0 Å². The molecule has 0 unspecified atom stereocenters. The zero-order chi connectivity index (χ0) is 14.7. The molecule has 2 rings (SSSR count). The SMILES string of the molecule is NC(=O)CCCNC(=O)c1sc2ccc(Cl)cc2c1N. The largest absolute Gasteiger partial charge is 0.397 e. The van der Waals surface area contributed by atoms with Crippen LogP contribution in [0.15, 0.2) is 18.2 Å². The first kappa shape index (κ1) is 14.6. The Kier molecular flexibility index (Phi) is 4.46. The van der Waals surface area contributed by atoms with Gasteiger partial charge in [0.1, 0.15) is 4.88 Å². The van der Waals surface area contributed by atoms with E-state index in [9.17, 15) is 9.59 Å². The Morgan fingerprint density at radius 1 is 1.35 bits per heavy atom. The van der Waals surface area contributed by atoms with Crippen molar-refractivity contribution < 1.29 is 9.59 Å². The number of hydrogen-bond donors (Lipinski definition) is 3. The number of benzene rings is 1. The fraction of sp³-hybridized carbons (Fsp3) is 0.231. The minimum absolute atomic E-state index is 0.246. The first-order chi connectivity index (χ1) is 9.49. The van der Waals surface area contributed by atoms with Crippen LogP contribution in [0.2, 0.25) is 5.02 Å². The summed E-state index contributed by atoms with van der Waals surface area (Å²) in [6.07, 6.45) is 0.759. The molecule has 0 bridgehead atoms. The van der Waals surface area contributed by atoms with Crippen molar-refractivity contribution in [1.29, 1.82) is 0 Å². The number of carbonyl (C=O) groups is 2. The van der Waals surface area contributed by atoms with Crippen LogP contribution < -0.4 is 16.8 Å². The van der Waals surface area contributed by atoms with Gasteiger partial charge in [0.2, 0.25) is 5.91 Å². The van der Waals surface area contributed by atoms with E-state index in [2.05, 4.69) is 5.32 Å². The molecule has 0 aliphatic carbocycles. The quantitative estimate of drug-likeness (QED) is 0.738. The third-order valence-electron chi connectivity index (χ3n) is 2.78. The highest BCUT2D eigenvalue weighted by Crippen LogP contribution is 2.35. The van der Waals surface area contributed by atoms with Crippen molar-refractivity contribution in [2.24, 2.45) is 5.73 Å². The van der Waals surface area contributed by atoms with E-state index in [0.717, 1.165) is 10.1 Å². The van der Waals surface area contributed by atoms with Gasteiger partial charge in [0, 0.05) is 28.1 Å². The van der Waals surface area contributed by atoms with E-state index in [4.69, 9.17) is 23.1 Å². The van der Waals surface area contributed by atoms with Crippen LogP contribution in [0.3, 0.4) is 0 Å². The fourth-order valence-electron chi connectivity index (χ4n) is 1.80. The van der Waals surface area contributed by atoms with E-state index < -0.39 is 0 Å². The first-order valence-corrected chi connectivity index (χ1v) is 7.22. The van der Waals surface area contributed by atoms with E-state index >= 15 is 0 Å². The van der Waals surface area contributed by atoms with Gasteiger partial charge in [0.05, 0.1) is 5.69 Å². The molecule has 0 aliphatic rings. The predicted molar refractivity (Wildman–Crippen MR) is 82.0 cm³/mol. The maximum Gasteiger partial charge on any atom is 0.263 e. The Bertz CT molecular complexity index is 669. The molecule has 0 radical (unpaired) electrons. The number of fused-ring (bicyclic) bond motifs is 1. The van der Waals surface area contributed by atoms with Crippen LogP contribution in [-0.4, -0.2) is 18.4 Å². The highest BCUT2D eigenvalue weighted by molar-refractivity contribution is 7.21. The van der Waals surface area contributed by atoms with Gasteiger partial charge >= 0.3 is 0 Å². The zero-order valence-electron chi connectivity index (χ0n) is 10.6. The molecule has 2 aromatic rings. The van der Waals surface area contributed by atoms with E-state index in [1.807, 2.05) is 6.07 Å². The molecule has 0 fully saturated rings. The van der Waals surface area contributed by atoms with Gasteiger partial charge in [-0.25, -0.2) is 0 Å². The summed E-state index contributed by atoms with van der Waals surface area (Å²) in [6, 6.07) is 5.34. The number of nitrogens with two attached hydrogens (primary N) is 2. The summed E-state index contributed by atoms with van der Waals surface area (Å²) in [6.45, 7) is 0.385. The highest BCUT2D eigenvalue weighted by atomic mass is 35.5. The monoisotopic (exact) mass is 311 g/mol. The number of amides is 2. The summed E-state index contributed by atoms with van der Waals surface area (Å²) in [4.78, 5) is 23.1. The maximum atomic E-state index is 12.0. The smallest absolute Gasteiger partial charge is 0.263 e. The van der Waals surface area contributed by atoms with Gasteiger partial charge in [-0.3, -0.25) is 9.59 Å². The number of nitrogens with one attached hydrogen (secondary N) is 1. The molecule has 7 heteroatoms. The normalized spacial score (nSPS) is 10.7. The lowest BCUT2D eigenvalue weighted by molar-refractivity contribution is -0.118. The molecule has 0 aliphatic heterocycles. The fourth-order valence-corrected chi connectivity index (χ4v) is 2.99. The standard InChI is InChI=1S/C13H14ClN3O2S/c14-7-3-4-9-8(6-7)11(16)12(20-9)13(19)17-5-1-2-10(15)18/h3-4,6H,1-2,5,16H2,(H2,15,18)(H,17,19). The maximum absolute atomic E-state index is 12.0. The Morgan fingerprint density at radius 2 is 2.10 bits per heavy atom. The van der Waals surface area contributed by atoms with Gasteiger partial charge in [-0.15, -0.1) is 11.3 Å². The molecular weight excluding hydrogens is 298 g/mol. The third-order valence-corrected chi connectivity index (χ3v) is 4.20. The number of rotatable bonds is 5. The van der Waals surface area contributed by atoms with Crippen LogP contribution in [0.1, 0.15) is 22.5 Å². The number of primary amides is 1. The van der Waals surface area contributed by atoms with E-state index in [0.29, 0.717) is 28.6 Å². The molecule has 5 N–H and O–H groups in total. The summed E-state index contributed by atoms with van der Waals surface area (Å²) in [7, 11) is 0. The Labute approximate surface area is 124 Å². The van der Waals surface area contributed by atoms with E-state index in [1.54, 1.807) is 12.1 Å². The van der Waals surface area contributed by atoms with Crippen molar-refractivity contribution in [3.63, 3.8) is 0 Å². The number of carbonyl (C=O) groups excluding carboxylic acids is 2. The predicted octanol–water partition coefficient (Wildman–Crippen LogP) is 2.13. The van der Waals surface area contributed by atoms with Crippen LogP contribution in [-0.2, 0) is 4.79 Å². The lowest BCUT2D eigenvalue weighted by Gasteiger charge is -2.03. The topological polar surface area (TPSA) is 98.2 Å². The zero-order valence-corrected chi connectivity index (χ0v) is 12.2. The van der Waals surface area contributed by atoms with Crippen molar-refractivity contribution in [3.05, 3.63) is 28.1 Å². The summed E-state index contributed by atoms with van der Waals surface area (Å²) in [5.41, 5.74) is 11.4. The Hall–Kier alpha value is -1.79. The third kappa shape index (κ3) is 3.20. The lowest BCUT2D eigenvalue weighted by Crippen LogP contribution is -2.25. The van der Waals surface area contributed by atoms with Crippen LogP contribution in [0.25, 0.3) is 10.1 Å². The van der Waals surface area contributed by atoms with Gasteiger partial charge < -0.3 is 16.8 Å². The Morgan fingerprint density at radius 3 is 2.80 bits per heavy atom. The van der Waals surface area contributed by atoms with Gasteiger partial charge in [0.25, 0.3) is 5.91 Å². The van der Waals surface area contributed by atoms with Crippen molar-refractivity contribution in [1.82, 2.24) is 5.32 Å². The number of nitrogen functional groups attached to an aromatic ring is 1. The lowest BCUT2D eigenvalue weighted by atomic mass is 10.2. The summed E-state index contributed by atoms with van der Waals surface area (Å²) < 4.78 is 0.911. The minimum Gasteiger partial charge on any atom is -0.397 e. The first-order valence-electron chi connectivity index (χ1n) is 6.03. The van der Waals surface area contributed by atoms with Gasteiger partial charge in [0.15, 0.2) is 0 Å². The molecule has 2 amide bonds. The molecule has 1 heterocycles. The van der Waals surface area contributed by atoms with Crippen LogP contribution >= 0.6 is 22.9 Å². The van der Waals surface area contributed by atoms with E-state index in [1.165, 1.54) is 11.3 Å². The van der Waals surface area contributed by atoms with Crippen molar-refractivity contribution >= 4 is 50.5 Å². The van der Waals surface area contributed by atoms with Crippen LogP contribution in [0, 0.1) is 0 Å². The number of halogens is 1. The minimum atomic E-state index is -0.379. The number of thiophene rings is 1. The molecule has 1 aromatic heterocycles. The van der Waals surface area contributed by atoms with E-state index in [-0.39, 0.29) is 18.2 Å². The van der Waals surface area contributed by atoms with Gasteiger partial charge in [-0.1, -0.05) is 11.6 Å². The molecule has 0 saturated heterocycles. The Balaban J connectivity index is 2.10. The molecular formula is C13H14ClN3O2S. The molecule has 0 spiro atoms. The second kappa shape index (κ2) is 6.11. The second-order valence-corrected chi connectivity index (χ2v) is 5.80. The van der Waals surface area contributed by atoms with Crippen molar-refractivity contribution in [2.75, 3.05) is 12.3 Å². The molecule has 0 saturated carbocycles. The average molecular weight is 312 g/mol. The molecule has 20 heavy (non-hydrogen) atoms. The van der Waals surface area contributed by atoms with Gasteiger partial charge in [-0.2, -0.15) is 0 Å². The number of anilines is 1. The van der Waals surface area contributed by atoms with Crippen LogP contribution in [0.5, 0.6) is 0 Å². The highest BCUT2D eigenvalue weighted by Gasteiger charge is 2.16. The number of hydrogen-bond acceptors (Lipinski definition) is 4. The molecule has 106 valence electrons. The summed E-state index contributed by atoms with van der Waals surface area (Å²) in [5, 5.41) is 4.08. The van der Waals surface area contributed by atoms with Crippen molar-refractivity contribution in [2.45, 2.75) is 12.8 Å². The molecule has 1 aromatic carbocycles. The summed E-state index contributed by atoms with van der Waals surface area (Å²) >= 11 is 7.23.